The summed E-state index contributed by atoms with van der Waals surface area (Å²) in [6.45, 7) is 3.34. The van der Waals surface area contributed by atoms with Crippen molar-refractivity contribution in [2.75, 3.05) is 23.8 Å². The fraction of sp³-hybridized carbons (Fsp3) is 0.462. The van der Waals surface area contributed by atoms with Crippen LogP contribution in [0.15, 0.2) is 18.2 Å². The summed E-state index contributed by atoms with van der Waals surface area (Å²) >= 11 is 0. The highest BCUT2D eigenvalue weighted by atomic mass is 16.5. The number of carbonyl (C=O) groups is 1. The van der Waals surface area contributed by atoms with Crippen LogP contribution in [-0.4, -0.2) is 41.0 Å². The van der Waals surface area contributed by atoms with Crippen LogP contribution in [0.1, 0.15) is 13.8 Å². The SMILES string of the molecule is CC1(C)Oc2ccc(NCC(O)CO)cc2NC1=O. The first-order valence-corrected chi connectivity index (χ1v) is 6.09. The van der Waals surface area contributed by atoms with E-state index in [-0.39, 0.29) is 19.1 Å². The Labute approximate surface area is 111 Å². The van der Waals surface area contributed by atoms with Crippen molar-refractivity contribution in [3.8, 4) is 5.75 Å². The van der Waals surface area contributed by atoms with Crippen LogP contribution >= 0.6 is 0 Å². The van der Waals surface area contributed by atoms with Gasteiger partial charge in [0.15, 0.2) is 5.60 Å². The van der Waals surface area contributed by atoms with Gasteiger partial charge < -0.3 is 25.6 Å². The zero-order valence-electron chi connectivity index (χ0n) is 10.9. The number of carbonyl (C=O) groups excluding carboxylic acids is 1. The Morgan fingerprint density at radius 1 is 1.47 bits per heavy atom. The first-order chi connectivity index (χ1) is 8.92. The van der Waals surface area contributed by atoms with Gasteiger partial charge in [0.1, 0.15) is 5.75 Å². The lowest BCUT2D eigenvalue weighted by Crippen LogP contribution is -2.45. The average molecular weight is 266 g/mol. The Balaban J connectivity index is 2.12. The van der Waals surface area contributed by atoms with Gasteiger partial charge in [-0.1, -0.05) is 0 Å². The minimum absolute atomic E-state index is 0.201. The van der Waals surface area contributed by atoms with Gasteiger partial charge in [-0.15, -0.1) is 0 Å². The lowest BCUT2D eigenvalue weighted by Gasteiger charge is -2.31. The minimum atomic E-state index is -0.880. The zero-order chi connectivity index (χ0) is 14.0. The number of anilines is 2. The fourth-order valence-electron chi connectivity index (χ4n) is 1.72. The van der Waals surface area contributed by atoms with Gasteiger partial charge in [0.2, 0.25) is 0 Å². The van der Waals surface area contributed by atoms with Gasteiger partial charge >= 0.3 is 0 Å². The molecule has 0 aromatic heterocycles. The largest absolute Gasteiger partial charge is 0.476 e. The van der Waals surface area contributed by atoms with Crippen LogP contribution < -0.4 is 15.4 Å². The molecular formula is C13H18N2O4. The van der Waals surface area contributed by atoms with Crippen molar-refractivity contribution >= 4 is 17.3 Å². The maximum Gasteiger partial charge on any atom is 0.268 e. The Bertz CT molecular complexity index is 488. The summed E-state index contributed by atoms with van der Waals surface area (Å²) in [6.07, 6.45) is -0.819. The fourth-order valence-corrected chi connectivity index (χ4v) is 1.72. The number of benzene rings is 1. The van der Waals surface area contributed by atoms with Crippen LogP contribution in [0.5, 0.6) is 5.75 Å². The van der Waals surface area contributed by atoms with Gasteiger partial charge in [0.25, 0.3) is 5.91 Å². The molecule has 1 unspecified atom stereocenters. The standard InChI is InChI=1S/C13H18N2O4/c1-13(2)12(18)15-10-5-8(3-4-11(10)19-13)14-6-9(17)7-16/h3-5,9,14,16-17H,6-7H2,1-2H3,(H,15,18). The van der Waals surface area contributed by atoms with E-state index in [1.54, 1.807) is 32.0 Å². The topological polar surface area (TPSA) is 90.8 Å². The van der Waals surface area contributed by atoms with Crippen molar-refractivity contribution in [2.24, 2.45) is 0 Å². The second-order valence-corrected chi connectivity index (χ2v) is 4.99. The summed E-state index contributed by atoms with van der Waals surface area (Å²) in [5.41, 5.74) is 0.442. The maximum atomic E-state index is 11.8. The smallest absolute Gasteiger partial charge is 0.268 e. The predicted octanol–water partition coefficient (Wildman–Crippen LogP) is 0.561. The number of ether oxygens (including phenoxy) is 1. The van der Waals surface area contributed by atoms with E-state index in [1.807, 2.05) is 0 Å². The molecule has 1 heterocycles. The number of amides is 1. The first-order valence-electron chi connectivity index (χ1n) is 6.09. The maximum absolute atomic E-state index is 11.8. The highest BCUT2D eigenvalue weighted by molar-refractivity contribution is 6.00. The van der Waals surface area contributed by atoms with Crippen molar-refractivity contribution in [3.63, 3.8) is 0 Å². The third-order valence-electron chi connectivity index (χ3n) is 2.89. The summed E-state index contributed by atoms with van der Waals surface area (Å²) in [4.78, 5) is 11.8. The molecule has 2 rings (SSSR count). The second kappa shape index (κ2) is 5.07. The molecule has 6 nitrogen and oxygen atoms in total. The Kier molecular flexibility index (Phi) is 3.64. The van der Waals surface area contributed by atoms with Gasteiger partial charge in [0, 0.05) is 12.2 Å². The third kappa shape index (κ3) is 2.97. The highest BCUT2D eigenvalue weighted by Gasteiger charge is 2.35. The molecule has 0 spiro atoms. The summed E-state index contributed by atoms with van der Waals surface area (Å²) in [5.74, 6) is 0.408. The van der Waals surface area contributed by atoms with Crippen LogP contribution in [0.3, 0.4) is 0 Å². The summed E-state index contributed by atoms with van der Waals surface area (Å²) in [6, 6.07) is 5.27. The second-order valence-electron chi connectivity index (χ2n) is 4.99. The molecule has 0 saturated heterocycles. The molecule has 6 heteroatoms. The molecule has 4 N–H and O–H groups in total. The van der Waals surface area contributed by atoms with Crippen LogP contribution in [0.25, 0.3) is 0 Å². The van der Waals surface area contributed by atoms with Gasteiger partial charge in [0.05, 0.1) is 18.4 Å². The minimum Gasteiger partial charge on any atom is -0.476 e. The lowest BCUT2D eigenvalue weighted by atomic mass is 10.1. The molecule has 0 fully saturated rings. The van der Waals surface area contributed by atoms with Gasteiger partial charge in [-0.2, -0.15) is 0 Å². The van der Waals surface area contributed by atoms with Crippen molar-refractivity contribution in [3.05, 3.63) is 18.2 Å². The third-order valence-corrected chi connectivity index (χ3v) is 2.89. The van der Waals surface area contributed by atoms with E-state index < -0.39 is 11.7 Å². The molecule has 19 heavy (non-hydrogen) atoms. The van der Waals surface area contributed by atoms with E-state index in [1.165, 1.54) is 0 Å². The lowest BCUT2D eigenvalue weighted by molar-refractivity contribution is -0.129. The number of aliphatic hydroxyl groups is 2. The van der Waals surface area contributed by atoms with E-state index in [0.717, 1.165) is 5.69 Å². The molecule has 1 aliphatic rings. The summed E-state index contributed by atoms with van der Waals surface area (Å²) in [7, 11) is 0. The molecular weight excluding hydrogens is 248 g/mol. The Morgan fingerprint density at radius 3 is 2.89 bits per heavy atom. The molecule has 1 amide bonds. The number of aliphatic hydroxyl groups excluding tert-OH is 2. The monoisotopic (exact) mass is 266 g/mol. The quantitative estimate of drug-likeness (QED) is 0.639. The molecule has 104 valence electrons. The van der Waals surface area contributed by atoms with Crippen LogP contribution in [0.2, 0.25) is 0 Å². The molecule has 0 aliphatic carbocycles. The number of fused-ring (bicyclic) bond motifs is 1. The molecule has 0 bridgehead atoms. The first kappa shape index (κ1) is 13.6. The number of rotatable bonds is 4. The van der Waals surface area contributed by atoms with Crippen molar-refractivity contribution in [1.29, 1.82) is 0 Å². The van der Waals surface area contributed by atoms with Gasteiger partial charge in [-0.25, -0.2) is 0 Å². The predicted molar refractivity (Wildman–Crippen MR) is 71.4 cm³/mol. The average Bonchev–Trinajstić information content (AvgIpc) is 2.37. The van der Waals surface area contributed by atoms with Crippen molar-refractivity contribution < 1.29 is 19.7 Å². The van der Waals surface area contributed by atoms with Crippen molar-refractivity contribution in [1.82, 2.24) is 0 Å². The molecule has 1 aromatic rings. The summed E-state index contributed by atoms with van der Waals surface area (Å²) < 4.78 is 5.60. The molecule has 1 atom stereocenters. The van der Waals surface area contributed by atoms with E-state index in [2.05, 4.69) is 10.6 Å². The van der Waals surface area contributed by atoms with E-state index >= 15 is 0 Å². The Morgan fingerprint density at radius 2 is 2.21 bits per heavy atom. The highest BCUT2D eigenvalue weighted by Crippen LogP contribution is 2.35. The number of hydrogen-bond acceptors (Lipinski definition) is 5. The van der Waals surface area contributed by atoms with Crippen LogP contribution in [0.4, 0.5) is 11.4 Å². The zero-order valence-corrected chi connectivity index (χ0v) is 10.9. The van der Waals surface area contributed by atoms with Crippen molar-refractivity contribution in [2.45, 2.75) is 25.6 Å². The van der Waals surface area contributed by atoms with Crippen LogP contribution in [0, 0.1) is 0 Å². The molecule has 0 saturated carbocycles. The number of hydrogen-bond donors (Lipinski definition) is 4. The molecule has 1 aromatic carbocycles. The van der Waals surface area contributed by atoms with Gasteiger partial charge in [-0.3, -0.25) is 4.79 Å². The van der Waals surface area contributed by atoms with E-state index in [0.29, 0.717) is 11.4 Å². The molecule has 1 aliphatic heterocycles. The Hall–Kier alpha value is -1.79. The number of nitrogens with one attached hydrogen (secondary N) is 2. The molecule has 0 radical (unpaired) electrons. The normalized spacial score (nSPS) is 18.0. The van der Waals surface area contributed by atoms with Gasteiger partial charge in [-0.05, 0) is 32.0 Å². The van der Waals surface area contributed by atoms with E-state index in [4.69, 9.17) is 9.84 Å². The van der Waals surface area contributed by atoms with Crippen LogP contribution in [-0.2, 0) is 4.79 Å². The van der Waals surface area contributed by atoms with E-state index in [9.17, 15) is 9.90 Å². The summed E-state index contributed by atoms with van der Waals surface area (Å²) in [5, 5.41) is 23.7.